The van der Waals surface area contributed by atoms with Gasteiger partial charge in [0.25, 0.3) is 0 Å². The molecular formula is C12H12ClF. The summed E-state index contributed by atoms with van der Waals surface area (Å²) in [6, 6.07) is 5.62. The normalized spacial score (nSPS) is 25.6. The van der Waals surface area contributed by atoms with E-state index >= 15 is 0 Å². The fourth-order valence-corrected chi connectivity index (χ4v) is 2.28. The van der Waals surface area contributed by atoms with Gasteiger partial charge in [-0.25, -0.2) is 4.39 Å². The molecule has 0 saturated carbocycles. The van der Waals surface area contributed by atoms with Gasteiger partial charge in [0.05, 0.1) is 0 Å². The lowest BCUT2D eigenvalue weighted by Crippen LogP contribution is -2.13. The van der Waals surface area contributed by atoms with Crippen LogP contribution in [0.4, 0.5) is 4.39 Å². The van der Waals surface area contributed by atoms with Crippen LogP contribution >= 0.6 is 11.6 Å². The largest absolute Gasteiger partial charge is 0.211 e. The fraction of sp³-hybridized carbons (Fsp3) is 0.333. The highest BCUT2D eigenvalue weighted by molar-refractivity contribution is 6.31. The summed E-state index contributed by atoms with van der Waals surface area (Å²) in [5.74, 6) is 0.0402. The summed E-state index contributed by atoms with van der Waals surface area (Å²) in [6.07, 6.45) is 1.59. The van der Waals surface area contributed by atoms with Crippen molar-refractivity contribution in [3.63, 3.8) is 0 Å². The van der Waals surface area contributed by atoms with Gasteiger partial charge in [0.1, 0.15) is 5.83 Å². The predicted molar refractivity (Wildman–Crippen MR) is 58.1 cm³/mol. The van der Waals surface area contributed by atoms with Crippen molar-refractivity contribution in [3.05, 3.63) is 40.2 Å². The van der Waals surface area contributed by atoms with Crippen molar-refractivity contribution in [2.75, 3.05) is 0 Å². The first-order chi connectivity index (χ1) is 6.61. The second kappa shape index (κ2) is 3.39. The molecule has 1 aromatic carbocycles. The zero-order valence-electron chi connectivity index (χ0n) is 8.22. The molecule has 0 aromatic heterocycles. The van der Waals surface area contributed by atoms with E-state index in [2.05, 4.69) is 0 Å². The first-order valence-corrected chi connectivity index (χ1v) is 5.14. The summed E-state index contributed by atoms with van der Waals surface area (Å²) in [4.78, 5) is 0. The minimum absolute atomic E-state index is 0.0488. The molecule has 2 atom stereocenters. The lowest BCUT2D eigenvalue weighted by atomic mass is 9.81. The van der Waals surface area contributed by atoms with Crippen LogP contribution in [-0.2, 0) is 0 Å². The van der Waals surface area contributed by atoms with Crippen LogP contribution < -0.4 is 0 Å². The third-order valence-electron chi connectivity index (χ3n) is 3.02. The van der Waals surface area contributed by atoms with Crippen LogP contribution in [0.2, 0.25) is 5.02 Å². The Kier molecular flexibility index (Phi) is 2.36. The quantitative estimate of drug-likeness (QED) is 0.595. The third kappa shape index (κ3) is 1.36. The maximum absolute atomic E-state index is 13.5. The summed E-state index contributed by atoms with van der Waals surface area (Å²) in [6.45, 7) is 3.91. The van der Waals surface area contributed by atoms with Crippen LogP contribution in [-0.4, -0.2) is 0 Å². The van der Waals surface area contributed by atoms with Crippen molar-refractivity contribution in [1.82, 2.24) is 0 Å². The van der Waals surface area contributed by atoms with Gasteiger partial charge in [-0.1, -0.05) is 37.6 Å². The lowest BCUT2D eigenvalue weighted by molar-refractivity contribution is 0.440. The molecule has 0 amide bonds. The minimum atomic E-state index is -0.0672. The molecule has 2 rings (SSSR count). The topological polar surface area (TPSA) is 0 Å². The van der Waals surface area contributed by atoms with E-state index in [0.29, 0.717) is 0 Å². The molecule has 1 aliphatic rings. The van der Waals surface area contributed by atoms with E-state index in [0.717, 1.165) is 16.1 Å². The standard InChI is InChI=1S/C12H12ClF/c1-7-8(2)12-9(6-11(7)14)4-3-5-10(12)13/h3-8H,1-2H3. The zero-order valence-corrected chi connectivity index (χ0v) is 8.98. The van der Waals surface area contributed by atoms with E-state index < -0.39 is 0 Å². The Labute approximate surface area is 88.4 Å². The van der Waals surface area contributed by atoms with Gasteiger partial charge in [-0.3, -0.25) is 0 Å². The van der Waals surface area contributed by atoms with Gasteiger partial charge in [0.2, 0.25) is 0 Å². The first kappa shape index (κ1) is 9.72. The average Bonchev–Trinajstić information content (AvgIpc) is 2.14. The SMILES string of the molecule is CC1C(F)=Cc2cccc(Cl)c2C1C. The van der Waals surface area contributed by atoms with E-state index in [1.807, 2.05) is 32.0 Å². The number of hydrogen-bond acceptors (Lipinski definition) is 0. The maximum atomic E-state index is 13.5. The van der Waals surface area contributed by atoms with E-state index in [1.54, 1.807) is 6.08 Å². The van der Waals surface area contributed by atoms with Gasteiger partial charge in [-0.15, -0.1) is 0 Å². The van der Waals surface area contributed by atoms with Gasteiger partial charge < -0.3 is 0 Å². The molecule has 1 aromatic rings. The van der Waals surface area contributed by atoms with Crippen LogP contribution in [0.5, 0.6) is 0 Å². The van der Waals surface area contributed by atoms with Gasteiger partial charge in [0, 0.05) is 10.9 Å². The number of fused-ring (bicyclic) bond motifs is 1. The Morgan fingerprint density at radius 2 is 1.93 bits per heavy atom. The van der Waals surface area contributed by atoms with Crippen molar-refractivity contribution in [2.45, 2.75) is 19.8 Å². The average molecular weight is 211 g/mol. The molecule has 0 spiro atoms. The van der Waals surface area contributed by atoms with Crippen LogP contribution in [0.1, 0.15) is 30.9 Å². The Morgan fingerprint density at radius 3 is 2.64 bits per heavy atom. The molecule has 1 aliphatic carbocycles. The second-order valence-corrected chi connectivity index (χ2v) is 4.26. The Bertz CT molecular complexity index is 395. The Balaban J connectivity index is 2.63. The summed E-state index contributed by atoms with van der Waals surface area (Å²) < 4.78 is 13.5. The molecule has 2 heteroatoms. The molecule has 0 radical (unpaired) electrons. The van der Waals surface area contributed by atoms with Gasteiger partial charge in [-0.2, -0.15) is 0 Å². The molecular weight excluding hydrogens is 199 g/mol. The number of hydrogen-bond donors (Lipinski definition) is 0. The molecule has 0 bridgehead atoms. The molecule has 0 fully saturated rings. The molecule has 0 N–H and O–H groups in total. The van der Waals surface area contributed by atoms with Crippen molar-refractivity contribution >= 4 is 17.7 Å². The van der Waals surface area contributed by atoms with Crippen molar-refractivity contribution in [2.24, 2.45) is 5.92 Å². The second-order valence-electron chi connectivity index (χ2n) is 3.85. The zero-order chi connectivity index (χ0) is 10.3. The summed E-state index contributed by atoms with van der Waals surface area (Å²) in [5, 5.41) is 0.741. The van der Waals surface area contributed by atoms with E-state index in [1.165, 1.54) is 0 Å². The van der Waals surface area contributed by atoms with Gasteiger partial charge >= 0.3 is 0 Å². The summed E-state index contributed by atoms with van der Waals surface area (Å²) in [7, 11) is 0. The van der Waals surface area contributed by atoms with Gasteiger partial charge in [-0.05, 0) is 29.2 Å². The predicted octanol–water partition coefficient (Wildman–Crippen LogP) is 4.40. The highest BCUT2D eigenvalue weighted by atomic mass is 35.5. The lowest BCUT2D eigenvalue weighted by Gasteiger charge is -2.26. The number of benzene rings is 1. The molecule has 0 nitrogen and oxygen atoms in total. The first-order valence-electron chi connectivity index (χ1n) is 4.76. The molecule has 74 valence electrons. The van der Waals surface area contributed by atoms with Crippen LogP contribution in [0.25, 0.3) is 6.08 Å². The molecule has 0 heterocycles. The number of rotatable bonds is 0. The van der Waals surface area contributed by atoms with Crippen LogP contribution in [0.3, 0.4) is 0 Å². The van der Waals surface area contributed by atoms with E-state index in [9.17, 15) is 4.39 Å². The van der Waals surface area contributed by atoms with E-state index in [-0.39, 0.29) is 17.7 Å². The highest BCUT2D eigenvalue weighted by Crippen LogP contribution is 2.41. The molecule has 0 saturated heterocycles. The molecule has 2 unspecified atom stereocenters. The molecule has 14 heavy (non-hydrogen) atoms. The van der Waals surface area contributed by atoms with Crippen LogP contribution in [0.15, 0.2) is 24.0 Å². The van der Waals surface area contributed by atoms with Crippen molar-refractivity contribution < 1.29 is 4.39 Å². The maximum Gasteiger partial charge on any atom is 0.104 e. The molecule has 0 aliphatic heterocycles. The summed E-state index contributed by atoms with van der Waals surface area (Å²) in [5.41, 5.74) is 1.99. The van der Waals surface area contributed by atoms with Crippen molar-refractivity contribution in [3.8, 4) is 0 Å². The van der Waals surface area contributed by atoms with Crippen LogP contribution in [0, 0.1) is 5.92 Å². The third-order valence-corrected chi connectivity index (χ3v) is 3.35. The Morgan fingerprint density at radius 1 is 1.21 bits per heavy atom. The fourth-order valence-electron chi connectivity index (χ4n) is 1.93. The van der Waals surface area contributed by atoms with Gasteiger partial charge in [0.15, 0.2) is 0 Å². The van der Waals surface area contributed by atoms with E-state index in [4.69, 9.17) is 11.6 Å². The smallest absolute Gasteiger partial charge is 0.104 e. The number of allylic oxidation sites excluding steroid dienone is 1. The summed E-state index contributed by atoms with van der Waals surface area (Å²) >= 11 is 6.10. The number of halogens is 2. The highest BCUT2D eigenvalue weighted by Gasteiger charge is 2.26. The minimum Gasteiger partial charge on any atom is -0.211 e. The monoisotopic (exact) mass is 210 g/mol. The van der Waals surface area contributed by atoms with Crippen molar-refractivity contribution in [1.29, 1.82) is 0 Å². The Hall–Kier alpha value is -0.820.